The molecule has 0 N–H and O–H groups in total. The predicted octanol–water partition coefficient (Wildman–Crippen LogP) is 6.25. The van der Waals surface area contributed by atoms with Crippen molar-refractivity contribution < 1.29 is 9.85 Å². The Kier molecular flexibility index (Phi) is 5.65. The van der Waals surface area contributed by atoms with Crippen molar-refractivity contribution in [3.63, 3.8) is 0 Å². The van der Waals surface area contributed by atoms with Gasteiger partial charge in [-0.3, -0.25) is 20.2 Å². The highest BCUT2D eigenvalue weighted by Gasteiger charge is 2.25. The third-order valence-electron chi connectivity index (χ3n) is 4.26. The third kappa shape index (κ3) is 4.86. The van der Waals surface area contributed by atoms with Gasteiger partial charge in [0.05, 0.1) is 19.6 Å². The van der Waals surface area contributed by atoms with E-state index in [0.29, 0.717) is 9.79 Å². The zero-order valence-corrected chi connectivity index (χ0v) is 17.2. The van der Waals surface area contributed by atoms with Crippen molar-refractivity contribution in [3.05, 3.63) is 67.8 Å². The predicted molar refractivity (Wildman–Crippen MR) is 108 cm³/mol. The highest BCUT2D eigenvalue weighted by atomic mass is 32.2. The largest absolute Gasteiger partial charge is 0.283 e. The minimum Gasteiger partial charge on any atom is -0.258 e. The maximum absolute atomic E-state index is 11.6. The van der Waals surface area contributed by atoms with Gasteiger partial charge < -0.3 is 0 Å². The van der Waals surface area contributed by atoms with E-state index in [1.54, 1.807) is 24.3 Å². The Balaban J connectivity index is 2.53. The van der Waals surface area contributed by atoms with Crippen LogP contribution in [-0.4, -0.2) is 9.85 Å². The van der Waals surface area contributed by atoms with Crippen molar-refractivity contribution in [1.29, 1.82) is 0 Å². The molecule has 6 nitrogen and oxygen atoms in total. The Labute approximate surface area is 163 Å². The number of hydrogen-bond acceptors (Lipinski definition) is 5. The molecule has 0 unspecified atom stereocenters. The number of rotatable bonds is 4. The SMILES string of the molecule is CC(C)(C)c1ccc(Sc2ccc(C(C)(C)C)cc2[N+](=O)[O-])c([N+](=O)[O-])c1. The van der Waals surface area contributed by atoms with Crippen LogP contribution < -0.4 is 0 Å². The number of nitrogens with zero attached hydrogens (tertiary/aromatic N) is 2. The quantitative estimate of drug-likeness (QED) is 0.456. The Morgan fingerprint density at radius 1 is 0.704 bits per heavy atom. The van der Waals surface area contributed by atoms with Gasteiger partial charge in [-0.1, -0.05) is 65.4 Å². The van der Waals surface area contributed by atoms with Crippen molar-refractivity contribution >= 4 is 23.1 Å². The highest BCUT2D eigenvalue weighted by molar-refractivity contribution is 7.99. The van der Waals surface area contributed by atoms with Gasteiger partial charge in [0.15, 0.2) is 0 Å². The molecule has 0 spiro atoms. The summed E-state index contributed by atoms with van der Waals surface area (Å²) in [6.45, 7) is 11.9. The molecule has 0 bridgehead atoms. The third-order valence-corrected chi connectivity index (χ3v) is 5.39. The van der Waals surface area contributed by atoms with Crippen molar-refractivity contribution in [2.24, 2.45) is 0 Å². The van der Waals surface area contributed by atoms with Crippen LogP contribution in [-0.2, 0) is 10.8 Å². The summed E-state index contributed by atoms with van der Waals surface area (Å²) in [5.74, 6) is 0. The van der Waals surface area contributed by atoms with E-state index in [9.17, 15) is 20.2 Å². The monoisotopic (exact) mass is 388 g/mol. The first-order valence-electron chi connectivity index (χ1n) is 8.56. The fourth-order valence-corrected chi connectivity index (χ4v) is 3.53. The van der Waals surface area contributed by atoms with Crippen LogP contribution in [0.25, 0.3) is 0 Å². The Morgan fingerprint density at radius 3 is 1.30 bits per heavy atom. The van der Waals surface area contributed by atoms with Gasteiger partial charge in [0, 0.05) is 12.1 Å². The van der Waals surface area contributed by atoms with Crippen LogP contribution in [0.1, 0.15) is 52.7 Å². The summed E-state index contributed by atoms with van der Waals surface area (Å²) < 4.78 is 0. The van der Waals surface area contributed by atoms with Crippen molar-refractivity contribution in [2.45, 2.75) is 62.2 Å². The van der Waals surface area contributed by atoms with E-state index < -0.39 is 9.85 Å². The van der Waals surface area contributed by atoms with Gasteiger partial charge in [-0.2, -0.15) is 0 Å². The molecule has 2 aromatic carbocycles. The minimum absolute atomic E-state index is 0.0402. The number of benzene rings is 2. The number of hydrogen-bond donors (Lipinski definition) is 0. The molecule has 0 heterocycles. The van der Waals surface area contributed by atoms with E-state index in [0.717, 1.165) is 22.9 Å². The summed E-state index contributed by atoms with van der Waals surface area (Å²) in [5.41, 5.74) is 1.15. The van der Waals surface area contributed by atoms with E-state index in [4.69, 9.17) is 0 Å². The molecule has 0 saturated carbocycles. The molecule has 2 rings (SSSR count). The Hall–Kier alpha value is -2.41. The molecule has 0 aromatic heterocycles. The van der Waals surface area contributed by atoms with Crippen LogP contribution in [0.15, 0.2) is 46.2 Å². The minimum atomic E-state index is -0.438. The normalized spacial score (nSPS) is 12.1. The zero-order valence-electron chi connectivity index (χ0n) is 16.4. The lowest BCUT2D eigenvalue weighted by Gasteiger charge is -2.20. The molecular formula is C20H24N2O4S. The molecule has 0 fully saturated rings. The second kappa shape index (κ2) is 7.31. The molecule has 0 saturated heterocycles. The van der Waals surface area contributed by atoms with Crippen molar-refractivity contribution in [1.82, 2.24) is 0 Å². The van der Waals surface area contributed by atoms with Gasteiger partial charge in [-0.15, -0.1) is 0 Å². The molecule has 7 heteroatoms. The van der Waals surface area contributed by atoms with E-state index in [2.05, 4.69) is 0 Å². The molecule has 0 amide bonds. The standard InChI is InChI=1S/C20H24N2O4S/c1-19(2,3)13-7-9-17(15(11-13)21(23)24)27-18-10-8-14(20(4,5)6)12-16(18)22(25)26/h7-12H,1-6H3. The van der Waals surface area contributed by atoms with E-state index in [1.165, 1.54) is 0 Å². The van der Waals surface area contributed by atoms with Crippen LogP contribution in [0.2, 0.25) is 0 Å². The number of nitro benzene ring substituents is 2. The molecule has 0 aliphatic carbocycles. The lowest BCUT2D eigenvalue weighted by molar-refractivity contribution is -0.388. The zero-order chi connectivity index (χ0) is 20.6. The first kappa shape index (κ1) is 20.9. The molecule has 0 aliphatic rings. The van der Waals surface area contributed by atoms with Crippen molar-refractivity contribution in [2.75, 3.05) is 0 Å². The molecular weight excluding hydrogens is 364 g/mol. The summed E-state index contributed by atoms with van der Waals surface area (Å²) in [5, 5.41) is 23.1. The van der Waals surface area contributed by atoms with Gasteiger partial charge in [-0.25, -0.2) is 0 Å². The van der Waals surface area contributed by atoms with Crippen LogP contribution in [0.4, 0.5) is 11.4 Å². The first-order valence-corrected chi connectivity index (χ1v) is 9.38. The summed E-state index contributed by atoms with van der Waals surface area (Å²) in [6.07, 6.45) is 0. The van der Waals surface area contributed by atoms with Gasteiger partial charge >= 0.3 is 0 Å². The summed E-state index contributed by atoms with van der Waals surface area (Å²) in [6, 6.07) is 10.1. The topological polar surface area (TPSA) is 86.3 Å². The van der Waals surface area contributed by atoms with Gasteiger partial charge in [0.25, 0.3) is 11.4 Å². The number of nitro groups is 2. The lowest BCUT2D eigenvalue weighted by atomic mass is 9.87. The van der Waals surface area contributed by atoms with E-state index in [1.807, 2.05) is 53.7 Å². The highest BCUT2D eigenvalue weighted by Crippen LogP contribution is 2.42. The van der Waals surface area contributed by atoms with Crippen molar-refractivity contribution in [3.8, 4) is 0 Å². The van der Waals surface area contributed by atoms with E-state index in [-0.39, 0.29) is 22.2 Å². The maximum Gasteiger partial charge on any atom is 0.283 e. The molecule has 0 atom stereocenters. The second-order valence-corrected chi connectivity index (χ2v) is 9.57. The average molecular weight is 388 g/mol. The van der Waals surface area contributed by atoms with Gasteiger partial charge in [0.1, 0.15) is 0 Å². The Morgan fingerprint density at radius 2 is 1.04 bits per heavy atom. The average Bonchev–Trinajstić information content (AvgIpc) is 2.53. The first-order chi connectivity index (χ1) is 12.3. The van der Waals surface area contributed by atoms with Crippen LogP contribution in [0.5, 0.6) is 0 Å². The maximum atomic E-state index is 11.6. The fraction of sp³-hybridized carbons (Fsp3) is 0.400. The second-order valence-electron chi connectivity index (χ2n) is 8.48. The molecule has 2 aromatic rings. The summed E-state index contributed by atoms with van der Waals surface area (Å²) in [7, 11) is 0. The Bertz CT molecular complexity index is 822. The summed E-state index contributed by atoms with van der Waals surface area (Å²) in [4.78, 5) is 23.0. The lowest BCUT2D eigenvalue weighted by Crippen LogP contribution is -2.12. The molecule has 0 aliphatic heterocycles. The van der Waals surface area contributed by atoms with Gasteiger partial charge in [0.2, 0.25) is 0 Å². The van der Waals surface area contributed by atoms with E-state index >= 15 is 0 Å². The van der Waals surface area contributed by atoms with Crippen LogP contribution in [0, 0.1) is 20.2 Å². The van der Waals surface area contributed by atoms with Crippen LogP contribution >= 0.6 is 11.8 Å². The fourth-order valence-electron chi connectivity index (χ4n) is 2.54. The summed E-state index contributed by atoms with van der Waals surface area (Å²) >= 11 is 1.05. The molecule has 144 valence electrons. The molecule has 0 radical (unpaired) electrons. The smallest absolute Gasteiger partial charge is 0.258 e. The van der Waals surface area contributed by atoms with Gasteiger partial charge in [-0.05, 0) is 34.1 Å². The molecule has 27 heavy (non-hydrogen) atoms. The van der Waals surface area contributed by atoms with Crippen LogP contribution in [0.3, 0.4) is 0 Å².